The molecule has 0 spiro atoms. The first kappa shape index (κ1) is 19.7. The maximum Gasteiger partial charge on any atom is 0.283 e. The summed E-state index contributed by atoms with van der Waals surface area (Å²) in [4.78, 5) is 18.1. The fraction of sp³-hybridized carbons (Fsp3) is 0.167. The number of fused-ring (bicyclic) bond motifs is 2. The minimum atomic E-state index is -0.375. The molecule has 1 aromatic heterocycles. The number of terminal acetylenes is 1. The summed E-state index contributed by atoms with van der Waals surface area (Å²) in [6.45, 7) is 2.83. The van der Waals surface area contributed by atoms with Crippen LogP contribution in [0.25, 0.3) is 21.0 Å². The predicted molar refractivity (Wildman–Crippen MR) is 120 cm³/mol. The molecule has 0 aliphatic carbocycles. The van der Waals surface area contributed by atoms with Crippen LogP contribution in [-0.2, 0) is 6.54 Å². The number of carbonyl (C=O) groups is 1. The van der Waals surface area contributed by atoms with Gasteiger partial charge in [-0.1, -0.05) is 41.5 Å². The fourth-order valence-electron chi connectivity index (χ4n) is 3.34. The number of aromatic nitrogens is 1. The van der Waals surface area contributed by atoms with Gasteiger partial charge >= 0.3 is 0 Å². The van der Waals surface area contributed by atoms with E-state index in [1.54, 1.807) is 7.11 Å². The van der Waals surface area contributed by atoms with Crippen LogP contribution in [0.1, 0.15) is 17.3 Å². The lowest BCUT2D eigenvalue weighted by Crippen LogP contribution is -2.16. The van der Waals surface area contributed by atoms with E-state index in [1.807, 2.05) is 66.1 Å². The third kappa shape index (κ3) is 3.68. The van der Waals surface area contributed by atoms with Gasteiger partial charge in [0.25, 0.3) is 5.91 Å². The minimum absolute atomic E-state index is 0.314. The molecule has 1 amide bonds. The number of nitrogens with zero attached hydrogens (tertiary/aromatic N) is 2. The lowest BCUT2D eigenvalue weighted by Gasteiger charge is -2.07. The SMILES string of the molecule is C#CCn1c(=NC(=O)c2cc3ccccc3cc2OC)sc2cc(OCC)ccc21. The number of hydrogen-bond acceptors (Lipinski definition) is 4. The Balaban J connectivity index is 1.86. The van der Waals surface area contributed by atoms with Crippen LogP contribution < -0.4 is 14.3 Å². The second-order valence-corrected chi connectivity index (χ2v) is 7.56. The summed E-state index contributed by atoms with van der Waals surface area (Å²) in [5.74, 6) is 3.53. The van der Waals surface area contributed by atoms with Crippen molar-refractivity contribution >= 4 is 38.2 Å². The average molecular weight is 417 g/mol. The van der Waals surface area contributed by atoms with E-state index < -0.39 is 0 Å². The lowest BCUT2D eigenvalue weighted by atomic mass is 10.1. The molecule has 1 heterocycles. The zero-order valence-corrected chi connectivity index (χ0v) is 17.5. The van der Waals surface area contributed by atoms with Crippen LogP contribution in [0, 0.1) is 12.3 Å². The zero-order chi connectivity index (χ0) is 21.1. The van der Waals surface area contributed by atoms with Gasteiger partial charge in [-0.2, -0.15) is 4.99 Å². The summed E-state index contributed by atoms with van der Waals surface area (Å²) in [5.41, 5.74) is 1.33. The highest BCUT2D eigenvalue weighted by Crippen LogP contribution is 2.27. The Bertz CT molecular complexity index is 1360. The monoisotopic (exact) mass is 416 g/mol. The molecule has 4 aromatic rings. The van der Waals surface area contributed by atoms with Crippen LogP contribution in [0.2, 0.25) is 0 Å². The molecule has 0 unspecified atom stereocenters. The van der Waals surface area contributed by atoms with Crippen LogP contribution in [0.3, 0.4) is 0 Å². The summed E-state index contributed by atoms with van der Waals surface area (Å²) in [5, 5.41) is 1.95. The molecule has 0 aliphatic rings. The van der Waals surface area contributed by atoms with E-state index in [0.29, 0.717) is 29.3 Å². The van der Waals surface area contributed by atoms with Gasteiger partial charge in [-0.15, -0.1) is 6.42 Å². The van der Waals surface area contributed by atoms with Crippen LogP contribution in [0.15, 0.2) is 59.6 Å². The van der Waals surface area contributed by atoms with Crippen molar-refractivity contribution in [2.75, 3.05) is 13.7 Å². The molecule has 30 heavy (non-hydrogen) atoms. The highest BCUT2D eigenvalue weighted by Gasteiger charge is 2.15. The summed E-state index contributed by atoms with van der Waals surface area (Å²) in [6, 6.07) is 17.3. The standard InChI is InChI=1S/C24H20N2O3S/c1-4-12-26-20-11-10-18(29-5-2)15-22(20)30-24(26)25-23(27)19-13-16-8-6-7-9-17(16)14-21(19)28-3/h1,6-11,13-15H,5,12H2,2-3H3. The van der Waals surface area contributed by atoms with Gasteiger partial charge < -0.3 is 14.0 Å². The van der Waals surface area contributed by atoms with E-state index in [4.69, 9.17) is 15.9 Å². The summed E-state index contributed by atoms with van der Waals surface area (Å²) in [7, 11) is 1.55. The molecule has 0 aliphatic heterocycles. The normalized spacial score (nSPS) is 11.6. The van der Waals surface area contributed by atoms with E-state index in [1.165, 1.54) is 11.3 Å². The van der Waals surface area contributed by atoms with Crippen molar-refractivity contribution in [1.29, 1.82) is 0 Å². The Kier molecular flexibility index (Phi) is 5.55. The Labute approximate surface area is 178 Å². The smallest absolute Gasteiger partial charge is 0.283 e. The molecule has 150 valence electrons. The van der Waals surface area contributed by atoms with Crippen molar-refractivity contribution in [3.63, 3.8) is 0 Å². The minimum Gasteiger partial charge on any atom is -0.496 e. The molecule has 0 radical (unpaired) electrons. The maximum atomic E-state index is 13.1. The van der Waals surface area contributed by atoms with Crippen LogP contribution in [-0.4, -0.2) is 24.2 Å². The van der Waals surface area contributed by atoms with Gasteiger partial charge in [-0.05, 0) is 48.0 Å². The van der Waals surface area contributed by atoms with Crippen molar-refractivity contribution in [3.05, 3.63) is 65.0 Å². The molecule has 0 atom stereocenters. The number of benzene rings is 3. The first-order valence-corrected chi connectivity index (χ1v) is 10.3. The molecule has 6 heteroatoms. The zero-order valence-electron chi connectivity index (χ0n) is 16.7. The Morgan fingerprint density at radius 3 is 2.63 bits per heavy atom. The van der Waals surface area contributed by atoms with Crippen molar-refractivity contribution in [1.82, 2.24) is 4.57 Å². The molecule has 3 aromatic carbocycles. The molecule has 5 nitrogen and oxygen atoms in total. The third-order valence-corrected chi connectivity index (χ3v) is 5.75. The second kappa shape index (κ2) is 8.44. The number of ether oxygens (including phenoxy) is 2. The van der Waals surface area contributed by atoms with Crippen molar-refractivity contribution < 1.29 is 14.3 Å². The summed E-state index contributed by atoms with van der Waals surface area (Å²) >= 11 is 1.40. The Hall–Kier alpha value is -3.56. The van der Waals surface area contributed by atoms with Crippen LogP contribution >= 0.6 is 11.3 Å². The molecular weight excluding hydrogens is 396 g/mol. The fourth-order valence-corrected chi connectivity index (χ4v) is 4.40. The van der Waals surface area contributed by atoms with E-state index in [2.05, 4.69) is 10.9 Å². The van der Waals surface area contributed by atoms with Gasteiger partial charge in [0, 0.05) is 0 Å². The number of thiazole rings is 1. The largest absolute Gasteiger partial charge is 0.496 e. The molecule has 0 fully saturated rings. The Morgan fingerprint density at radius 1 is 1.17 bits per heavy atom. The maximum absolute atomic E-state index is 13.1. The van der Waals surface area contributed by atoms with Crippen molar-refractivity contribution in [3.8, 4) is 23.8 Å². The highest BCUT2D eigenvalue weighted by molar-refractivity contribution is 7.16. The van der Waals surface area contributed by atoms with E-state index in [9.17, 15) is 4.79 Å². The predicted octanol–water partition coefficient (Wildman–Crippen LogP) is 4.64. The van der Waals surface area contributed by atoms with Gasteiger partial charge in [0.2, 0.25) is 0 Å². The molecule has 4 rings (SSSR count). The first-order chi connectivity index (χ1) is 14.6. The number of methoxy groups -OCH3 is 1. The van der Waals surface area contributed by atoms with E-state index in [0.717, 1.165) is 26.7 Å². The second-order valence-electron chi connectivity index (χ2n) is 6.55. The number of amides is 1. The topological polar surface area (TPSA) is 52.8 Å². The van der Waals surface area contributed by atoms with Crippen LogP contribution in [0.4, 0.5) is 0 Å². The molecular formula is C24H20N2O3S. The quantitative estimate of drug-likeness (QED) is 0.446. The van der Waals surface area contributed by atoms with Gasteiger partial charge in [-0.25, -0.2) is 0 Å². The van der Waals surface area contributed by atoms with Gasteiger partial charge in [-0.3, -0.25) is 4.79 Å². The highest BCUT2D eigenvalue weighted by atomic mass is 32.1. The number of carbonyl (C=O) groups excluding carboxylic acids is 1. The van der Waals surface area contributed by atoms with E-state index >= 15 is 0 Å². The summed E-state index contributed by atoms with van der Waals surface area (Å²) in [6.07, 6.45) is 5.57. The molecule has 0 N–H and O–H groups in total. The van der Waals surface area contributed by atoms with Gasteiger partial charge in [0.1, 0.15) is 11.5 Å². The first-order valence-electron chi connectivity index (χ1n) is 9.50. The van der Waals surface area contributed by atoms with Gasteiger partial charge in [0.15, 0.2) is 4.80 Å². The number of rotatable bonds is 5. The molecule has 0 saturated carbocycles. The molecule has 0 saturated heterocycles. The lowest BCUT2D eigenvalue weighted by molar-refractivity contribution is 0.0995. The van der Waals surface area contributed by atoms with Gasteiger partial charge in [0.05, 0.1) is 36.0 Å². The third-order valence-electron chi connectivity index (χ3n) is 4.71. The molecule has 0 bridgehead atoms. The van der Waals surface area contributed by atoms with E-state index in [-0.39, 0.29) is 5.91 Å². The average Bonchev–Trinajstić information content (AvgIpc) is 3.09. The Morgan fingerprint density at radius 2 is 1.93 bits per heavy atom. The van der Waals surface area contributed by atoms with Crippen molar-refractivity contribution in [2.24, 2.45) is 4.99 Å². The summed E-state index contributed by atoms with van der Waals surface area (Å²) < 4.78 is 13.9. The van der Waals surface area contributed by atoms with Crippen LogP contribution in [0.5, 0.6) is 11.5 Å². The number of hydrogen-bond donors (Lipinski definition) is 0. The van der Waals surface area contributed by atoms with Crippen molar-refractivity contribution in [2.45, 2.75) is 13.5 Å².